The smallest absolute Gasteiger partial charge is 0.445 e. The van der Waals surface area contributed by atoms with Crippen molar-refractivity contribution >= 4 is 43.3 Å². The van der Waals surface area contributed by atoms with Crippen LogP contribution in [-0.4, -0.2) is 66.1 Å². The Kier molecular flexibility index (Phi) is 8.92. The summed E-state index contributed by atoms with van der Waals surface area (Å²) in [5, 5.41) is 2.80. The molecule has 3 rings (SSSR count). The fourth-order valence-corrected chi connectivity index (χ4v) is 5.61. The topological polar surface area (TPSA) is 121 Å². The van der Waals surface area contributed by atoms with Crippen LogP contribution >= 0.6 is 11.8 Å². The van der Waals surface area contributed by atoms with Gasteiger partial charge in [-0.25, -0.2) is 14.6 Å². The predicted molar refractivity (Wildman–Crippen MR) is 141 cm³/mol. The number of amides is 2. The van der Waals surface area contributed by atoms with E-state index < -0.39 is 20.6 Å². The molecule has 1 saturated heterocycles. The monoisotopic (exact) mass is 550 g/mol. The second kappa shape index (κ2) is 11.6. The molecule has 37 heavy (non-hydrogen) atoms. The largest absolute Gasteiger partial charge is 0.515 e. The average molecular weight is 551 g/mol. The maximum absolute atomic E-state index is 13.1. The molecule has 202 valence electrons. The fraction of sp³-hybridized carbons (Fsp3) is 0.500. The summed E-state index contributed by atoms with van der Waals surface area (Å²) >= 11 is 1.37. The molecule has 0 bridgehead atoms. The molecule has 2 atom stereocenters. The Morgan fingerprint density at radius 1 is 1.22 bits per heavy atom. The lowest BCUT2D eigenvalue weighted by atomic mass is 10.00. The fourth-order valence-electron chi connectivity index (χ4n) is 3.22. The number of hydrogen-bond donors (Lipinski definition) is 1. The molecule has 2 aliphatic rings. The minimum absolute atomic E-state index is 0.00818. The molecule has 3 heterocycles. The maximum Gasteiger partial charge on any atom is 0.515 e. The van der Waals surface area contributed by atoms with Crippen molar-refractivity contribution in [1.82, 2.24) is 19.8 Å². The zero-order chi connectivity index (χ0) is 27.4. The van der Waals surface area contributed by atoms with Gasteiger partial charge < -0.3 is 24.0 Å². The summed E-state index contributed by atoms with van der Waals surface area (Å²) in [6.07, 6.45) is 4.53. The van der Waals surface area contributed by atoms with E-state index in [2.05, 4.69) is 57.3 Å². The third kappa shape index (κ3) is 6.46. The van der Waals surface area contributed by atoms with Crippen LogP contribution in [0.25, 0.3) is 5.03 Å². The Balaban J connectivity index is 1.76. The third-order valence-electron chi connectivity index (χ3n) is 6.33. The summed E-state index contributed by atoms with van der Waals surface area (Å²) in [4.78, 5) is 42.8. The second-order valence-electron chi connectivity index (χ2n) is 9.97. The number of ether oxygens (including phenoxy) is 3. The van der Waals surface area contributed by atoms with E-state index in [1.165, 1.54) is 35.1 Å². The Labute approximate surface area is 222 Å². The first kappa shape index (κ1) is 28.5. The number of aromatic nitrogens is 2. The minimum atomic E-state index is -2.06. The highest BCUT2D eigenvalue weighted by molar-refractivity contribution is 8.08. The zero-order valence-electron chi connectivity index (χ0n) is 21.8. The van der Waals surface area contributed by atoms with Gasteiger partial charge in [-0.3, -0.25) is 14.3 Å². The first-order chi connectivity index (χ1) is 17.4. The van der Waals surface area contributed by atoms with Crippen LogP contribution in [0.4, 0.5) is 9.59 Å². The van der Waals surface area contributed by atoms with E-state index in [0.717, 1.165) is 0 Å². The van der Waals surface area contributed by atoms with Crippen molar-refractivity contribution in [2.75, 3.05) is 19.8 Å². The summed E-state index contributed by atoms with van der Waals surface area (Å²) in [6, 6.07) is 0. The van der Waals surface area contributed by atoms with Gasteiger partial charge in [-0.15, -0.1) is 0 Å². The molecule has 0 saturated carbocycles. The number of carbonyl (C=O) groups excluding carboxylic acids is 3. The van der Waals surface area contributed by atoms with Gasteiger partial charge in [0, 0.05) is 12.8 Å². The van der Waals surface area contributed by atoms with Crippen molar-refractivity contribution in [1.29, 1.82) is 0 Å². The first-order valence-corrected chi connectivity index (χ1v) is 15.6. The number of alkyl carbamates (subject to hydrolysis) is 1. The van der Waals surface area contributed by atoms with Crippen LogP contribution in [0, 0.1) is 5.92 Å². The van der Waals surface area contributed by atoms with Crippen molar-refractivity contribution in [2.24, 2.45) is 5.92 Å². The molecule has 1 fully saturated rings. The number of hydrogen-bond acceptors (Lipinski definition) is 9. The van der Waals surface area contributed by atoms with Gasteiger partial charge in [-0.2, -0.15) is 0 Å². The van der Waals surface area contributed by atoms with Crippen LogP contribution in [0.2, 0.25) is 18.1 Å². The van der Waals surface area contributed by atoms with Gasteiger partial charge in [0.25, 0.3) is 0 Å². The summed E-state index contributed by atoms with van der Waals surface area (Å²) in [7, 11) is -2.06. The minimum Gasteiger partial charge on any atom is -0.445 e. The summed E-state index contributed by atoms with van der Waals surface area (Å²) < 4.78 is 23.3. The van der Waals surface area contributed by atoms with Gasteiger partial charge >= 0.3 is 12.2 Å². The van der Waals surface area contributed by atoms with Crippen molar-refractivity contribution in [3.8, 4) is 0 Å². The lowest BCUT2D eigenvalue weighted by Gasteiger charge is -2.44. The number of nitrogens with zero attached hydrogens (tertiary/aromatic N) is 3. The second-order valence-corrected chi connectivity index (χ2v) is 15.9. The SMILES string of the molecule is C=CCOC(=O)NCc1cn(C2=C(OC(=O)OCC=C)N3C(=O)[C@H](CO[Si](C)(C)C(C)(C)C)[C@H]3S2)cn1. The van der Waals surface area contributed by atoms with E-state index in [-0.39, 0.29) is 54.5 Å². The number of thioether (sulfide) groups is 1. The zero-order valence-corrected chi connectivity index (χ0v) is 23.6. The van der Waals surface area contributed by atoms with E-state index in [1.54, 1.807) is 10.8 Å². The third-order valence-corrected chi connectivity index (χ3v) is 12.2. The average Bonchev–Trinajstić information content (AvgIpc) is 3.42. The highest BCUT2D eigenvalue weighted by Crippen LogP contribution is 2.52. The quantitative estimate of drug-likeness (QED) is 0.186. The molecule has 1 aromatic heterocycles. The molecule has 0 unspecified atom stereocenters. The summed E-state index contributed by atoms with van der Waals surface area (Å²) in [6.45, 7) is 18.2. The van der Waals surface area contributed by atoms with E-state index in [4.69, 9.17) is 18.6 Å². The van der Waals surface area contributed by atoms with Crippen LogP contribution in [0.5, 0.6) is 0 Å². The Bertz CT molecular complexity index is 1100. The molecule has 0 aliphatic carbocycles. The molecule has 1 aromatic rings. The van der Waals surface area contributed by atoms with Crippen molar-refractivity contribution in [3.05, 3.63) is 49.4 Å². The lowest BCUT2D eigenvalue weighted by molar-refractivity contribution is -0.151. The van der Waals surface area contributed by atoms with E-state index in [1.807, 2.05) is 0 Å². The molecule has 2 amide bonds. The molecule has 2 aliphatic heterocycles. The maximum atomic E-state index is 13.1. The van der Waals surface area contributed by atoms with Gasteiger partial charge in [0.2, 0.25) is 11.8 Å². The molecule has 0 spiro atoms. The Morgan fingerprint density at radius 3 is 2.54 bits per heavy atom. The molecule has 0 aromatic carbocycles. The molecule has 1 N–H and O–H groups in total. The van der Waals surface area contributed by atoms with Crippen LogP contribution in [0.1, 0.15) is 26.5 Å². The molecular formula is C24H34N4O7SSi. The molecule has 0 radical (unpaired) electrons. The van der Waals surface area contributed by atoms with Gasteiger partial charge in [-0.05, 0) is 18.1 Å². The van der Waals surface area contributed by atoms with Crippen LogP contribution in [-0.2, 0) is 30.0 Å². The number of imidazole rings is 1. The van der Waals surface area contributed by atoms with Gasteiger partial charge in [0.1, 0.15) is 29.9 Å². The number of nitrogens with one attached hydrogen (secondary N) is 1. The lowest BCUT2D eigenvalue weighted by Crippen LogP contribution is -2.59. The van der Waals surface area contributed by atoms with Gasteiger partial charge in [0.15, 0.2) is 8.32 Å². The number of carbonyl (C=O) groups is 3. The van der Waals surface area contributed by atoms with Crippen molar-refractivity contribution in [2.45, 2.75) is 50.8 Å². The van der Waals surface area contributed by atoms with Gasteiger partial charge in [0.05, 0.1) is 18.2 Å². The number of β-lactam (4-membered cyclic amide) rings is 1. The van der Waals surface area contributed by atoms with E-state index >= 15 is 0 Å². The van der Waals surface area contributed by atoms with E-state index in [0.29, 0.717) is 10.7 Å². The van der Waals surface area contributed by atoms with E-state index in [9.17, 15) is 14.4 Å². The van der Waals surface area contributed by atoms with Gasteiger partial charge in [-0.1, -0.05) is 57.8 Å². The Morgan fingerprint density at radius 2 is 1.89 bits per heavy atom. The Hall–Kier alpha value is -3.03. The summed E-state index contributed by atoms with van der Waals surface area (Å²) in [5.74, 6) is -0.506. The first-order valence-electron chi connectivity index (χ1n) is 11.8. The standard InChI is InChI=1S/C24H34N4O7SSi/c1-8-10-32-22(30)25-12-16-13-27(15-26-16)21-19(35-23(31)33-11-9-2)28-18(29)17(20(28)36-21)14-34-37(6,7)24(3,4)5/h8-9,13,15,17,20H,1-2,10-12,14H2,3-7H3,(H,25,30)/t17-,20+/m0/s1. The van der Waals surface area contributed by atoms with Crippen molar-refractivity contribution < 1.29 is 33.0 Å². The van der Waals surface area contributed by atoms with Crippen LogP contribution in [0.15, 0.2) is 43.7 Å². The molecule has 11 nitrogen and oxygen atoms in total. The highest BCUT2D eigenvalue weighted by Gasteiger charge is 2.57. The van der Waals surface area contributed by atoms with Crippen LogP contribution < -0.4 is 5.32 Å². The highest BCUT2D eigenvalue weighted by atomic mass is 32.2. The number of rotatable bonds is 11. The van der Waals surface area contributed by atoms with Crippen molar-refractivity contribution in [3.63, 3.8) is 0 Å². The predicted octanol–water partition coefficient (Wildman–Crippen LogP) is 4.27. The normalized spacial score (nSPS) is 19.2. The molecule has 13 heteroatoms. The number of fused-ring (bicyclic) bond motifs is 1. The molecular weight excluding hydrogens is 516 g/mol. The summed E-state index contributed by atoms with van der Waals surface area (Å²) in [5.41, 5.74) is 0.538. The van der Waals surface area contributed by atoms with Crippen LogP contribution in [0.3, 0.4) is 0 Å².